The van der Waals surface area contributed by atoms with Gasteiger partial charge in [-0.15, -0.1) is 0 Å². The van der Waals surface area contributed by atoms with E-state index >= 15 is 0 Å². The van der Waals surface area contributed by atoms with Crippen LogP contribution >= 0.6 is 39.1 Å². The van der Waals surface area contributed by atoms with Gasteiger partial charge < -0.3 is 10.3 Å². The van der Waals surface area contributed by atoms with E-state index in [1.165, 1.54) is 0 Å². The molecule has 106 valence electrons. The van der Waals surface area contributed by atoms with Crippen molar-refractivity contribution in [1.82, 2.24) is 5.16 Å². The number of benzene rings is 2. The second-order valence-electron chi connectivity index (χ2n) is 4.41. The summed E-state index contributed by atoms with van der Waals surface area (Å²) >= 11 is 15.5. The summed E-state index contributed by atoms with van der Waals surface area (Å²) in [5.41, 5.74) is 8.32. The van der Waals surface area contributed by atoms with Crippen LogP contribution in [0.1, 0.15) is 0 Å². The van der Waals surface area contributed by atoms with Crippen LogP contribution in [-0.4, -0.2) is 5.16 Å². The molecule has 3 aromatic rings. The predicted molar refractivity (Wildman–Crippen MR) is 89.5 cm³/mol. The Morgan fingerprint density at radius 2 is 1.81 bits per heavy atom. The van der Waals surface area contributed by atoms with Gasteiger partial charge in [0.15, 0.2) is 11.6 Å². The number of nitrogen functional groups attached to an aromatic ring is 1. The molecule has 3 nitrogen and oxygen atoms in total. The zero-order valence-corrected chi connectivity index (χ0v) is 13.7. The number of nitrogens with two attached hydrogens (primary N) is 1. The van der Waals surface area contributed by atoms with Crippen LogP contribution in [0.15, 0.2) is 51.5 Å². The number of nitrogens with zero attached hydrogens (tertiary/aromatic N) is 1. The maximum atomic E-state index is 6.05. The van der Waals surface area contributed by atoms with Crippen LogP contribution in [0, 0.1) is 0 Å². The minimum Gasteiger partial charge on any atom is -0.380 e. The lowest BCUT2D eigenvalue weighted by Gasteiger charge is -2.05. The van der Waals surface area contributed by atoms with Gasteiger partial charge in [-0.25, -0.2) is 0 Å². The summed E-state index contributed by atoms with van der Waals surface area (Å²) in [6.45, 7) is 0. The van der Waals surface area contributed by atoms with Crippen molar-refractivity contribution in [2.45, 2.75) is 0 Å². The standard InChI is InChI=1S/C15H9BrCl2N2O/c16-12-7-10(18)4-5-11(12)14-13(15(19)20-21-14)8-2-1-3-9(17)6-8/h1-7H,(H2,19,20). The zero-order valence-electron chi connectivity index (χ0n) is 10.6. The summed E-state index contributed by atoms with van der Waals surface area (Å²) in [6, 6.07) is 12.8. The molecule has 0 spiro atoms. The van der Waals surface area contributed by atoms with E-state index in [1.807, 2.05) is 24.3 Å². The molecule has 0 amide bonds. The minimum absolute atomic E-state index is 0.314. The van der Waals surface area contributed by atoms with Crippen molar-refractivity contribution in [2.75, 3.05) is 5.73 Å². The van der Waals surface area contributed by atoms with Crippen molar-refractivity contribution in [3.63, 3.8) is 0 Å². The third-order valence-corrected chi connectivity index (χ3v) is 4.13. The Hall–Kier alpha value is -1.49. The third kappa shape index (κ3) is 2.79. The fourth-order valence-corrected chi connectivity index (χ4v) is 3.14. The molecule has 1 aromatic heterocycles. The number of anilines is 1. The molecule has 3 rings (SSSR count). The predicted octanol–water partition coefficient (Wildman–Crippen LogP) is 5.66. The van der Waals surface area contributed by atoms with Crippen molar-refractivity contribution in [1.29, 1.82) is 0 Å². The molecule has 0 aliphatic heterocycles. The molecule has 0 unspecified atom stereocenters. The van der Waals surface area contributed by atoms with Gasteiger partial charge in [0.1, 0.15) is 0 Å². The average molecular weight is 384 g/mol. The van der Waals surface area contributed by atoms with Crippen molar-refractivity contribution >= 4 is 44.9 Å². The van der Waals surface area contributed by atoms with Crippen molar-refractivity contribution in [2.24, 2.45) is 0 Å². The Bertz CT molecular complexity index is 817. The van der Waals surface area contributed by atoms with E-state index in [1.54, 1.807) is 18.2 Å². The molecule has 21 heavy (non-hydrogen) atoms. The van der Waals surface area contributed by atoms with Gasteiger partial charge in [0.2, 0.25) is 0 Å². The molecule has 0 aliphatic rings. The summed E-state index contributed by atoms with van der Waals surface area (Å²) in [4.78, 5) is 0. The molecule has 0 atom stereocenters. The topological polar surface area (TPSA) is 52.0 Å². The summed E-state index contributed by atoms with van der Waals surface area (Å²) < 4.78 is 6.21. The number of hydrogen-bond acceptors (Lipinski definition) is 3. The Morgan fingerprint density at radius 1 is 1.05 bits per heavy atom. The smallest absolute Gasteiger partial charge is 0.178 e. The van der Waals surface area contributed by atoms with Gasteiger partial charge in [-0.3, -0.25) is 0 Å². The summed E-state index contributed by atoms with van der Waals surface area (Å²) in [6.07, 6.45) is 0. The molecular weight excluding hydrogens is 375 g/mol. The van der Waals surface area contributed by atoms with E-state index in [9.17, 15) is 0 Å². The SMILES string of the molecule is Nc1noc(-c2ccc(Cl)cc2Br)c1-c1cccc(Cl)c1. The first-order valence-electron chi connectivity index (χ1n) is 6.03. The zero-order chi connectivity index (χ0) is 15.0. The lowest BCUT2D eigenvalue weighted by Crippen LogP contribution is -1.89. The third-order valence-electron chi connectivity index (χ3n) is 3.01. The van der Waals surface area contributed by atoms with Crippen LogP contribution in [0.25, 0.3) is 22.5 Å². The fraction of sp³-hybridized carbons (Fsp3) is 0. The van der Waals surface area contributed by atoms with Crippen LogP contribution in [-0.2, 0) is 0 Å². The molecular formula is C15H9BrCl2N2O. The molecule has 1 heterocycles. The Balaban J connectivity index is 2.22. The number of hydrogen-bond donors (Lipinski definition) is 1. The Morgan fingerprint density at radius 3 is 2.52 bits per heavy atom. The summed E-state index contributed by atoms with van der Waals surface area (Å²) in [5, 5.41) is 5.12. The van der Waals surface area contributed by atoms with Crippen molar-refractivity contribution < 1.29 is 4.52 Å². The van der Waals surface area contributed by atoms with Gasteiger partial charge in [0.25, 0.3) is 0 Å². The van der Waals surface area contributed by atoms with Crippen LogP contribution in [0.4, 0.5) is 5.82 Å². The maximum absolute atomic E-state index is 6.05. The van der Waals surface area contributed by atoms with Gasteiger partial charge in [-0.2, -0.15) is 0 Å². The normalized spacial score (nSPS) is 10.8. The van der Waals surface area contributed by atoms with Crippen LogP contribution in [0.3, 0.4) is 0 Å². The molecule has 2 N–H and O–H groups in total. The van der Waals surface area contributed by atoms with Gasteiger partial charge in [-0.1, -0.05) is 40.5 Å². The first kappa shape index (κ1) is 14.4. The van der Waals surface area contributed by atoms with E-state index in [0.717, 1.165) is 15.6 Å². The van der Waals surface area contributed by atoms with Crippen molar-refractivity contribution in [3.8, 4) is 22.5 Å². The first-order chi connectivity index (χ1) is 10.1. The number of halogens is 3. The van der Waals surface area contributed by atoms with E-state index in [2.05, 4.69) is 21.1 Å². The molecule has 0 saturated carbocycles. The highest BCUT2D eigenvalue weighted by molar-refractivity contribution is 9.10. The second kappa shape index (κ2) is 5.72. The molecule has 6 heteroatoms. The highest BCUT2D eigenvalue weighted by atomic mass is 79.9. The molecule has 0 fully saturated rings. The fourth-order valence-electron chi connectivity index (χ4n) is 2.08. The molecule has 0 bridgehead atoms. The van der Waals surface area contributed by atoms with Crippen molar-refractivity contribution in [3.05, 3.63) is 57.0 Å². The lowest BCUT2D eigenvalue weighted by atomic mass is 10.0. The van der Waals surface area contributed by atoms with E-state index < -0.39 is 0 Å². The highest BCUT2D eigenvalue weighted by Crippen LogP contribution is 2.40. The Labute approximate surface area is 139 Å². The van der Waals surface area contributed by atoms with Gasteiger partial charge in [-0.05, 0) is 51.8 Å². The highest BCUT2D eigenvalue weighted by Gasteiger charge is 2.19. The van der Waals surface area contributed by atoms with E-state index in [-0.39, 0.29) is 0 Å². The average Bonchev–Trinajstić information content (AvgIpc) is 2.80. The lowest BCUT2D eigenvalue weighted by molar-refractivity contribution is 0.436. The first-order valence-corrected chi connectivity index (χ1v) is 7.57. The summed E-state index contributed by atoms with van der Waals surface area (Å²) in [7, 11) is 0. The van der Waals surface area contributed by atoms with E-state index in [4.69, 9.17) is 33.5 Å². The molecule has 0 saturated heterocycles. The van der Waals surface area contributed by atoms with Gasteiger partial charge in [0, 0.05) is 20.1 Å². The van der Waals surface area contributed by atoms with Crippen LogP contribution < -0.4 is 5.73 Å². The molecule has 0 radical (unpaired) electrons. The number of rotatable bonds is 2. The maximum Gasteiger partial charge on any atom is 0.178 e. The Kier molecular flexibility index (Phi) is 3.93. The van der Waals surface area contributed by atoms with Crippen LogP contribution in [0.5, 0.6) is 0 Å². The number of aromatic nitrogens is 1. The molecule has 0 aliphatic carbocycles. The van der Waals surface area contributed by atoms with E-state index in [0.29, 0.717) is 27.2 Å². The second-order valence-corrected chi connectivity index (χ2v) is 6.13. The minimum atomic E-state index is 0.314. The largest absolute Gasteiger partial charge is 0.380 e. The quantitative estimate of drug-likeness (QED) is 0.621. The van der Waals surface area contributed by atoms with Gasteiger partial charge in [0.05, 0.1) is 5.56 Å². The molecule has 2 aromatic carbocycles. The monoisotopic (exact) mass is 382 g/mol. The van der Waals surface area contributed by atoms with Gasteiger partial charge >= 0.3 is 0 Å². The van der Waals surface area contributed by atoms with Crippen LogP contribution in [0.2, 0.25) is 10.0 Å². The summed E-state index contributed by atoms with van der Waals surface area (Å²) in [5.74, 6) is 0.882.